The lowest BCUT2D eigenvalue weighted by atomic mass is 10.1. The second-order valence-electron chi connectivity index (χ2n) is 9.45. The molecule has 0 saturated heterocycles. The highest BCUT2D eigenvalue weighted by atomic mass is 32.2. The van der Waals surface area contributed by atoms with Crippen LogP contribution in [0.25, 0.3) is 0 Å². The fourth-order valence-electron chi connectivity index (χ4n) is 3.93. The van der Waals surface area contributed by atoms with Crippen molar-refractivity contribution in [2.75, 3.05) is 0 Å². The highest BCUT2D eigenvalue weighted by molar-refractivity contribution is 7.97. The number of hydrogen-bond donors (Lipinski definition) is 0. The summed E-state index contributed by atoms with van der Waals surface area (Å²) in [5.74, 6) is 0. The smallest absolute Gasteiger partial charge is 0.485 e. The summed E-state index contributed by atoms with van der Waals surface area (Å²) in [4.78, 5) is 4.26. The van der Waals surface area contributed by atoms with E-state index in [1.54, 1.807) is 0 Å². The molecule has 0 heterocycles. The van der Waals surface area contributed by atoms with E-state index in [4.69, 9.17) is 13.0 Å². The van der Waals surface area contributed by atoms with Crippen molar-refractivity contribution in [1.82, 2.24) is 0 Å². The summed E-state index contributed by atoms with van der Waals surface area (Å²) in [5, 5.41) is 0. The van der Waals surface area contributed by atoms with Gasteiger partial charge in [0.2, 0.25) is 0 Å². The molecule has 0 saturated carbocycles. The van der Waals surface area contributed by atoms with Crippen LogP contribution in [0.5, 0.6) is 0 Å². The van der Waals surface area contributed by atoms with Crippen molar-refractivity contribution in [2.45, 2.75) is 98.8 Å². The molecule has 0 atom stereocenters. The molecule has 0 aliphatic carbocycles. The van der Waals surface area contributed by atoms with Gasteiger partial charge in [0.25, 0.3) is 0 Å². The minimum Gasteiger partial charge on any atom is -0.741 e. The van der Waals surface area contributed by atoms with Crippen molar-refractivity contribution in [1.29, 1.82) is 0 Å². The first-order chi connectivity index (χ1) is 18.5. The van der Waals surface area contributed by atoms with Crippen LogP contribution in [-0.2, 0) is 40.3 Å². The first kappa shape index (κ1) is 32.9. The fourth-order valence-corrected chi connectivity index (χ4v) is 5.97. The van der Waals surface area contributed by atoms with Crippen molar-refractivity contribution >= 4 is 21.0 Å². The van der Waals surface area contributed by atoms with Crippen LogP contribution in [0.4, 0.5) is 13.2 Å². The molecule has 3 nitrogen and oxygen atoms in total. The van der Waals surface area contributed by atoms with Crippen molar-refractivity contribution in [3.63, 3.8) is 0 Å². The number of hydrogen-bond acceptors (Lipinski definition) is 3. The highest BCUT2D eigenvalue weighted by Crippen LogP contribution is 2.32. The molecule has 0 unspecified atom stereocenters. The van der Waals surface area contributed by atoms with Gasteiger partial charge in [0, 0.05) is 0 Å². The lowest BCUT2D eigenvalue weighted by Gasteiger charge is -2.10. The molecule has 3 rings (SSSR count). The summed E-state index contributed by atoms with van der Waals surface area (Å²) in [6.07, 6.45) is 11.1. The van der Waals surface area contributed by atoms with E-state index in [1.165, 1.54) is 89.2 Å². The SMILES string of the molecule is CCCCc1ccc([S+](c2ccc(CCCC)cc2)c2ccc(CCCC)cc2)cc1.O=S(=O)([O-])C(F)(F)F. The van der Waals surface area contributed by atoms with E-state index in [1.807, 2.05) is 0 Å². The van der Waals surface area contributed by atoms with Crippen LogP contribution in [0.2, 0.25) is 0 Å². The average molecular weight is 581 g/mol. The monoisotopic (exact) mass is 580 g/mol. The minimum atomic E-state index is -6.09. The topological polar surface area (TPSA) is 57.2 Å². The molecule has 3 aromatic rings. The summed E-state index contributed by atoms with van der Waals surface area (Å²) in [5.41, 5.74) is -1.27. The van der Waals surface area contributed by atoms with E-state index >= 15 is 0 Å². The fraction of sp³-hybridized carbons (Fsp3) is 0.419. The number of aryl methyl sites for hydroxylation is 3. The molecule has 0 radical (unpaired) electrons. The van der Waals surface area contributed by atoms with Gasteiger partial charge in [-0.15, -0.1) is 0 Å². The number of rotatable bonds is 12. The average Bonchev–Trinajstić information content (AvgIpc) is 2.91. The Morgan fingerprint density at radius 3 is 1.00 bits per heavy atom. The Morgan fingerprint density at radius 1 is 0.590 bits per heavy atom. The molecule has 0 fully saturated rings. The van der Waals surface area contributed by atoms with Crippen molar-refractivity contribution in [2.24, 2.45) is 0 Å². The van der Waals surface area contributed by atoms with E-state index in [0.29, 0.717) is 0 Å². The van der Waals surface area contributed by atoms with Crippen molar-refractivity contribution in [3.05, 3.63) is 89.5 Å². The van der Waals surface area contributed by atoms with Crippen LogP contribution in [-0.4, -0.2) is 18.5 Å². The van der Waals surface area contributed by atoms with Gasteiger partial charge in [-0.25, -0.2) is 8.42 Å². The summed E-state index contributed by atoms with van der Waals surface area (Å²) < 4.78 is 58.9. The molecule has 0 aliphatic rings. The quantitative estimate of drug-likeness (QED) is 0.122. The third-order valence-corrected chi connectivity index (χ3v) is 9.02. The molecule has 0 bridgehead atoms. The summed E-state index contributed by atoms with van der Waals surface area (Å²) in [7, 11) is -6.15. The Morgan fingerprint density at radius 2 is 0.821 bits per heavy atom. The summed E-state index contributed by atoms with van der Waals surface area (Å²) in [6.45, 7) is 6.79. The van der Waals surface area contributed by atoms with Crippen LogP contribution in [0.3, 0.4) is 0 Å². The molecule has 8 heteroatoms. The molecule has 0 aliphatic heterocycles. The zero-order valence-electron chi connectivity index (χ0n) is 23.0. The Hall–Kier alpha value is -2.29. The Balaban J connectivity index is 0.000000580. The predicted octanol–water partition coefficient (Wildman–Crippen LogP) is 8.86. The van der Waals surface area contributed by atoms with Crippen LogP contribution in [0.15, 0.2) is 87.5 Å². The molecule has 214 valence electrons. The maximum atomic E-state index is 10.7. The maximum absolute atomic E-state index is 10.7. The van der Waals surface area contributed by atoms with Gasteiger partial charge < -0.3 is 4.55 Å². The zero-order chi connectivity index (χ0) is 28.9. The molecular weight excluding hydrogens is 541 g/mol. The summed E-state index contributed by atoms with van der Waals surface area (Å²) in [6, 6.07) is 28.3. The molecule has 0 N–H and O–H groups in total. The summed E-state index contributed by atoms with van der Waals surface area (Å²) >= 11 is 0. The van der Waals surface area contributed by atoms with Gasteiger partial charge in [-0.1, -0.05) is 76.4 Å². The van der Waals surface area contributed by atoms with E-state index in [-0.39, 0.29) is 10.9 Å². The second kappa shape index (κ2) is 16.1. The first-order valence-corrected chi connectivity index (χ1v) is 16.2. The number of unbranched alkanes of at least 4 members (excludes halogenated alkanes) is 3. The maximum Gasteiger partial charge on any atom is 0.485 e. The zero-order valence-corrected chi connectivity index (χ0v) is 24.6. The lowest BCUT2D eigenvalue weighted by molar-refractivity contribution is -0.0517. The molecule has 3 aromatic carbocycles. The van der Waals surface area contributed by atoms with Crippen LogP contribution in [0.1, 0.15) is 76.0 Å². The third kappa shape index (κ3) is 11.0. The van der Waals surface area contributed by atoms with Crippen LogP contribution >= 0.6 is 0 Å². The largest absolute Gasteiger partial charge is 0.741 e. The highest BCUT2D eigenvalue weighted by Gasteiger charge is 2.37. The van der Waals surface area contributed by atoms with Crippen LogP contribution < -0.4 is 0 Å². The lowest BCUT2D eigenvalue weighted by Crippen LogP contribution is -2.21. The van der Waals surface area contributed by atoms with Gasteiger partial charge in [-0.2, -0.15) is 13.2 Å². The van der Waals surface area contributed by atoms with E-state index in [9.17, 15) is 13.2 Å². The van der Waals surface area contributed by atoms with Gasteiger partial charge in [-0.3, -0.25) is 0 Å². The van der Waals surface area contributed by atoms with Gasteiger partial charge in [0.15, 0.2) is 24.8 Å². The Kier molecular flexibility index (Phi) is 13.6. The third-order valence-electron chi connectivity index (χ3n) is 6.22. The van der Waals surface area contributed by atoms with Crippen molar-refractivity contribution in [3.8, 4) is 0 Å². The van der Waals surface area contributed by atoms with Crippen LogP contribution in [0, 0.1) is 0 Å². The van der Waals surface area contributed by atoms with E-state index in [2.05, 4.69) is 93.6 Å². The number of halogens is 3. The van der Waals surface area contributed by atoms with E-state index in [0.717, 1.165) is 0 Å². The number of alkyl halides is 3. The normalized spacial score (nSPS) is 11.8. The van der Waals surface area contributed by atoms with Gasteiger partial charge in [0.1, 0.15) is 0 Å². The van der Waals surface area contributed by atoms with Crippen molar-refractivity contribution < 1.29 is 26.1 Å². The predicted molar refractivity (Wildman–Crippen MR) is 153 cm³/mol. The second-order valence-corrected chi connectivity index (χ2v) is 12.8. The first-order valence-electron chi connectivity index (χ1n) is 13.5. The van der Waals surface area contributed by atoms with Gasteiger partial charge in [0.05, 0.1) is 10.9 Å². The number of benzene rings is 3. The standard InChI is InChI=1S/C30H39S.CHF3O3S/c1-4-7-10-25-13-19-28(20-14-25)31(29-21-15-26(16-22-29)11-8-5-2)30-23-17-27(18-24-30)12-9-6-3;2-1(3,4)8(5,6)7/h13-24H,4-12H2,1-3H3;(H,5,6,7)/q+1;/p-1. The molecule has 39 heavy (non-hydrogen) atoms. The Labute approximate surface area is 235 Å². The molecular formula is C31H39F3O3S2. The van der Waals surface area contributed by atoms with Gasteiger partial charge >= 0.3 is 5.51 Å². The minimum absolute atomic E-state index is 0.0566. The molecule has 0 spiro atoms. The molecule has 0 aromatic heterocycles. The molecule has 0 amide bonds. The van der Waals surface area contributed by atoms with Gasteiger partial charge in [-0.05, 0) is 91.6 Å². The van der Waals surface area contributed by atoms with E-state index < -0.39 is 15.6 Å². The Bertz CT molecular complexity index is 1080.